The topological polar surface area (TPSA) is 110 Å². The molecule has 0 unspecified atom stereocenters. The van der Waals surface area contributed by atoms with E-state index in [9.17, 15) is 0 Å². The molecule has 0 bridgehead atoms. The van der Waals surface area contributed by atoms with Crippen molar-refractivity contribution in [2.75, 3.05) is 38.0 Å². The summed E-state index contributed by atoms with van der Waals surface area (Å²) in [5.41, 5.74) is 1.81. The van der Waals surface area contributed by atoms with Crippen LogP contribution in [0.4, 0.5) is 17.6 Å². The molecule has 9 nitrogen and oxygen atoms in total. The fraction of sp³-hybridized carbons (Fsp3) is 0.286. The molecule has 0 aliphatic carbocycles. The van der Waals surface area contributed by atoms with Gasteiger partial charge in [0.1, 0.15) is 0 Å². The number of benzene rings is 1. The Balaban J connectivity index is 1.81. The molecule has 0 radical (unpaired) electrons. The normalized spacial score (nSPS) is 10.7. The Kier molecular flexibility index (Phi) is 4.48. The lowest BCUT2D eigenvalue weighted by Gasteiger charge is -2.09. The summed E-state index contributed by atoms with van der Waals surface area (Å²) in [6, 6.07) is 6.02. The molecule has 0 fully saturated rings. The Morgan fingerprint density at radius 1 is 1.13 bits per heavy atom. The molecule has 0 aliphatic rings. The monoisotopic (exact) mass is 315 g/mol. The predicted octanol–water partition coefficient (Wildman–Crippen LogP) is 1.56. The number of rotatable bonds is 7. The molecule has 9 heteroatoms. The van der Waals surface area contributed by atoms with Gasteiger partial charge in [0.25, 0.3) is 0 Å². The van der Waals surface area contributed by atoms with Gasteiger partial charge in [0.15, 0.2) is 0 Å². The first-order valence-electron chi connectivity index (χ1n) is 7.01. The van der Waals surface area contributed by atoms with Crippen molar-refractivity contribution in [2.45, 2.75) is 0 Å². The third kappa shape index (κ3) is 3.64. The maximum absolute atomic E-state index is 5.11. The van der Waals surface area contributed by atoms with Crippen LogP contribution in [0.25, 0.3) is 10.9 Å². The summed E-state index contributed by atoms with van der Waals surface area (Å²) in [5.74, 6) is 0.806. The number of aromatic amines is 1. The molecular weight excluding hydrogens is 298 g/mol. The van der Waals surface area contributed by atoms with Gasteiger partial charge in [-0.25, -0.2) is 0 Å². The summed E-state index contributed by atoms with van der Waals surface area (Å²) in [5, 5.41) is 14.1. The lowest BCUT2D eigenvalue weighted by molar-refractivity contribution is 0.210. The molecular formula is C14H17N7O2. The first-order chi connectivity index (χ1) is 11.3. The number of nitrogens with one attached hydrogen (secondary N) is 3. The van der Waals surface area contributed by atoms with Crippen molar-refractivity contribution in [1.82, 2.24) is 25.1 Å². The standard InChI is InChI=1S/C14H17N7O2/c1-22-6-5-15-12-18-13(20-14(19-12)23-2)17-10-3-4-11-9(7-10)8-16-21-11/h3-4,7-8H,5-6H2,1-2H3,(H,16,21)(H2,15,17,18,19,20). The smallest absolute Gasteiger partial charge is 0.322 e. The van der Waals surface area contributed by atoms with E-state index < -0.39 is 0 Å². The molecule has 0 aliphatic heterocycles. The quantitative estimate of drug-likeness (QED) is 0.563. The highest BCUT2D eigenvalue weighted by Gasteiger charge is 2.07. The Bertz CT molecular complexity index is 790. The Hall–Kier alpha value is -2.94. The fourth-order valence-corrected chi connectivity index (χ4v) is 2.00. The van der Waals surface area contributed by atoms with E-state index in [-0.39, 0.29) is 6.01 Å². The molecule has 2 heterocycles. The first-order valence-corrected chi connectivity index (χ1v) is 7.01. The summed E-state index contributed by atoms with van der Waals surface area (Å²) in [4.78, 5) is 12.6. The number of fused-ring (bicyclic) bond motifs is 1. The SMILES string of the molecule is COCCNc1nc(Nc2ccc3[nH]ncc3c2)nc(OC)n1. The van der Waals surface area contributed by atoms with Crippen LogP contribution in [0.15, 0.2) is 24.4 Å². The number of aromatic nitrogens is 5. The molecule has 23 heavy (non-hydrogen) atoms. The van der Waals surface area contributed by atoms with Crippen molar-refractivity contribution in [3.63, 3.8) is 0 Å². The van der Waals surface area contributed by atoms with Crippen LogP contribution < -0.4 is 15.4 Å². The van der Waals surface area contributed by atoms with Gasteiger partial charge in [-0.3, -0.25) is 5.10 Å². The van der Waals surface area contributed by atoms with Crippen LogP contribution in [0.2, 0.25) is 0 Å². The van der Waals surface area contributed by atoms with Gasteiger partial charge in [-0.1, -0.05) is 0 Å². The van der Waals surface area contributed by atoms with Crippen molar-refractivity contribution < 1.29 is 9.47 Å². The molecule has 0 saturated carbocycles. The first kappa shape index (κ1) is 15.0. The summed E-state index contributed by atoms with van der Waals surface area (Å²) in [6.07, 6.45) is 1.76. The maximum atomic E-state index is 5.11. The van der Waals surface area contributed by atoms with Crippen LogP contribution in [0.1, 0.15) is 0 Å². The van der Waals surface area contributed by atoms with Crippen molar-refractivity contribution in [3.05, 3.63) is 24.4 Å². The van der Waals surface area contributed by atoms with Crippen LogP contribution in [-0.2, 0) is 4.74 Å². The van der Waals surface area contributed by atoms with E-state index in [2.05, 4.69) is 35.8 Å². The van der Waals surface area contributed by atoms with E-state index >= 15 is 0 Å². The molecule has 3 N–H and O–H groups in total. The van der Waals surface area contributed by atoms with E-state index in [0.717, 1.165) is 16.6 Å². The van der Waals surface area contributed by atoms with Crippen LogP contribution in [0.3, 0.4) is 0 Å². The second-order valence-electron chi connectivity index (χ2n) is 4.69. The Morgan fingerprint density at radius 3 is 2.83 bits per heavy atom. The lowest BCUT2D eigenvalue weighted by atomic mass is 10.2. The lowest BCUT2D eigenvalue weighted by Crippen LogP contribution is -2.12. The van der Waals surface area contributed by atoms with Gasteiger partial charge in [-0.2, -0.15) is 20.1 Å². The Morgan fingerprint density at radius 2 is 2.00 bits per heavy atom. The highest BCUT2D eigenvalue weighted by molar-refractivity contribution is 5.82. The molecule has 120 valence electrons. The van der Waals surface area contributed by atoms with Crippen molar-refractivity contribution in [2.24, 2.45) is 0 Å². The zero-order chi connectivity index (χ0) is 16.1. The minimum atomic E-state index is 0.229. The van der Waals surface area contributed by atoms with Crippen molar-refractivity contribution in [3.8, 4) is 6.01 Å². The third-order valence-electron chi connectivity index (χ3n) is 3.08. The predicted molar refractivity (Wildman–Crippen MR) is 86.1 cm³/mol. The maximum Gasteiger partial charge on any atom is 0.322 e. The number of ether oxygens (including phenoxy) is 2. The van der Waals surface area contributed by atoms with Gasteiger partial charge >= 0.3 is 6.01 Å². The summed E-state index contributed by atoms with van der Waals surface area (Å²) < 4.78 is 10.1. The van der Waals surface area contributed by atoms with Gasteiger partial charge in [0, 0.05) is 24.7 Å². The second-order valence-corrected chi connectivity index (χ2v) is 4.69. The molecule has 0 atom stereocenters. The summed E-state index contributed by atoms with van der Waals surface area (Å²) in [7, 11) is 3.14. The minimum Gasteiger partial charge on any atom is -0.467 e. The minimum absolute atomic E-state index is 0.229. The van der Waals surface area contributed by atoms with Gasteiger partial charge in [0.05, 0.1) is 25.4 Å². The zero-order valence-corrected chi connectivity index (χ0v) is 12.8. The van der Waals surface area contributed by atoms with Crippen LogP contribution in [-0.4, -0.2) is 52.5 Å². The molecule has 3 rings (SSSR count). The average molecular weight is 315 g/mol. The van der Waals surface area contributed by atoms with Gasteiger partial charge in [-0.15, -0.1) is 0 Å². The van der Waals surface area contributed by atoms with E-state index in [4.69, 9.17) is 9.47 Å². The highest BCUT2D eigenvalue weighted by Crippen LogP contribution is 2.20. The molecule has 0 saturated heterocycles. The largest absolute Gasteiger partial charge is 0.467 e. The molecule has 2 aromatic heterocycles. The zero-order valence-electron chi connectivity index (χ0n) is 12.8. The van der Waals surface area contributed by atoms with Crippen molar-refractivity contribution >= 4 is 28.5 Å². The third-order valence-corrected chi connectivity index (χ3v) is 3.08. The molecule has 3 aromatic rings. The Labute approximate surface area is 132 Å². The molecule has 0 amide bonds. The number of anilines is 3. The van der Waals surface area contributed by atoms with E-state index in [1.165, 1.54) is 7.11 Å². The van der Waals surface area contributed by atoms with Gasteiger partial charge < -0.3 is 20.1 Å². The van der Waals surface area contributed by atoms with Gasteiger partial charge in [0.2, 0.25) is 11.9 Å². The van der Waals surface area contributed by atoms with E-state index in [1.807, 2.05) is 18.2 Å². The highest BCUT2D eigenvalue weighted by atomic mass is 16.5. The van der Waals surface area contributed by atoms with Crippen LogP contribution >= 0.6 is 0 Å². The molecule has 1 aromatic carbocycles. The number of methoxy groups -OCH3 is 2. The number of hydrogen-bond donors (Lipinski definition) is 3. The number of hydrogen-bond acceptors (Lipinski definition) is 8. The van der Waals surface area contributed by atoms with Crippen molar-refractivity contribution in [1.29, 1.82) is 0 Å². The second kappa shape index (κ2) is 6.88. The molecule has 0 spiro atoms. The van der Waals surface area contributed by atoms with Gasteiger partial charge in [-0.05, 0) is 18.2 Å². The van der Waals surface area contributed by atoms with E-state index in [1.54, 1.807) is 13.3 Å². The number of nitrogens with zero attached hydrogens (tertiary/aromatic N) is 4. The van der Waals surface area contributed by atoms with Crippen LogP contribution in [0, 0.1) is 0 Å². The van der Waals surface area contributed by atoms with E-state index in [0.29, 0.717) is 25.0 Å². The summed E-state index contributed by atoms with van der Waals surface area (Å²) in [6.45, 7) is 1.14. The summed E-state index contributed by atoms with van der Waals surface area (Å²) >= 11 is 0. The van der Waals surface area contributed by atoms with Crippen LogP contribution in [0.5, 0.6) is 6.01 Å². The fourth-order valence-electron chi connectivity index (χ4n) is 2.00. The average Bonchev–Trinajstić information content (AvgIpc) is 3.02. The number of H-pyrrole nitrogens is 1.